The van der Waals surface area contributed by atoms with Crippen molar-refractivity contribution in [2.45, 2.75) is 6.42 Å². The Morgan fingerprint density at radius 1 is 0.947 bits per heavy atom. The summed E-state index contributed by atoms with van der Waals surface area (Å²) in [7, 11) is 0. The summed E-state index contributed by atoms with van der Waals surface area (Å²) < 4.78 is 39.3. The van der Waals surface area contributed by atoms with Gasteiger partial charge in [0.15, 0.2) is 17.4 Å². The first kappa shape index (κ1) is 13.8. The third-order valence-electron chi connectivity index (χ3n) is 2.59. The fourth-order valence-electron chi connectivity index (χ4n) is 1.61. The van der Waals surface area contributed by atoms with Gasteiger partial charge in [0, 0.05) is 12.0 Å². The lowest BCUT2D eigenvalue weighted by atomic mass is 10.0. The fourth-order valence-corrected chi connectivity index (χ4v) is 1.85. The topological polar surface area (TPSA) is 17.1 Å². The smallest absolute Gasteiger partial charge is 0.167 e. The molecule has 0 atom stereocenters. The van der Waals surface area contributed by atoms with Crippen molar-refractivity contribution in [3.05, 3.63) is 69.4 Å². The lowest BCUT2D eigenvalue weighted by molar-refractivity contribution is 0.0992. The van der Waals surface area contributed by atoms with Crippen molar-refractivity contribution in [1.29, 1.82) is 0 Å². The lowest BCUT2D eigenvalue weighted by Crippen LogP contribution is -2.04. The van der Waals surface area contributed by atoms with Gasteiger partial charge in [-0.3, -0.25) is 4.79 Å². The number of hydrogen-bond donors (Lipinski definition) is 0. The molecule has 2 rings (SSSR count). The molecule has 0 heterocycles. The second-order valence-corrected chi connectivity index (χ2v) is 4.83. The van der Waals surface area contributed by atoms with Gasteiger partial charge in [-0.25, -0.2) is 13.2 Å². The Kier molecular flexibility index (Phi) is 4.04. The number of carbonyl (C=O) groups excluding carboxylic acids is 1. The molecule has 2 aromatic carbocycles. The third kappa shape index (κ3) is 3.23. The van der Waals surface area contributed by atoms with Gasteiger partial charge in [0.2, 0.25) is 0 Å². The van der Waals surface area contributed by atoms with Crippen molar-refractivity contribution in [2.75, 3.05) is 0 Å². The maximum Gasteiger partial charge on any atom is 0.167 e. The third-order valence-corrected chi connectivity index (χ3v) is 3.23. The molecule has 0 radical (unpaired) electrons. The van der Waals surface area contributed by atoms with Crippen molar-refractivity contribution in [3.8, 4) is 0 Å². The maximum absolute atomic E-state index is 13.3. The van der Waals surface area contributed by atoms with Gasteiger partial charge in [0.05, 0.1) is 4.47 Å². The van der Waals surface area contributed by atoms with E-state index >= 15 is 0 Å². The van der Waals surface area contributed by atoms with Crippen LogP contribution in [-0.4, -0.2) is 5.78 Å². The fraction of sp³-hybridized carbons (Fsp3) is 0.0714. The summed E-state index contributed by atoms with van der Waals surface area (Å²) in [5.41, 5.74) is 0.526. The van der Waals surface area contributed by atoms with E-state index in [0.717, 1.165) is 18.2 Å². The molecule has 2 aromatic rings. The molecule has 0 saturated heterocycles. The minimum absolute atomic E-state index is 0.113. The maximum atomic E-state index is 13.3. The zero-order chi connectivity index (χ0) is 14.0. The minimum atomic E-state index is -1.01. The van der Waals surface area contributed by atoms with Gasteiger partial charge < -0.3 is 0 Å². The summed E-state index contributed by atoms with van der Waals surface area (Å²) >= 11 is 2.99. The van der Waals surface area contributed by atoms with Crippen LogP contribution in [0.1, 0.15) is 15.9 Å². The molecule has 0 N–H and O–H groups in total. The highest BCUT2D eigenvalue weighted by atomic mass is 79.9. The number of ketones is 1. The Morgan fingerprint density at radius 2 is 1.68 bits per heavy atom. The van der Waals surface area contributed by atoms with E-state index in [1.807, 2.05) is 0 Å². The highest BCUT2D eigenvalue weighted by Gasteiger charge is 2.11. The standard InChI is InChI=1S/C14H8BrF3O/c15-10-3-2-9(7-12(10)17)14(19)6-8-1-4-11(16)13(18)5-8/h1-5,7H,6H2. The molecule has 0 fully saturated rings. The summed E-state index contributed by atoms with van der Waals surface area (Å²) in [5, 5.41) is 0. The molecule has 0 aliphatic heterocycles. The molecule has 0 amide bonds. The highest BCUT2D eigenvalue weighted by Crippen LogP contribution is 2.18. The number of Topliss-reactive ketones (excluding diaryl/α,β-unsaturated/α-hetero) is 1. The van der Waals surface area contributed by atoms with Crippen molar-refractivity contribution >= 4 is 21.7 Å². The van der Waals surface area contributed by atoms with E-state index in [9.17, 15) is 18.0 Å². The average molecular weight is 329 g/mol. The normalized spacial score (nSPS) is 10.5. The van der Waals surface area contributed by atoms with Gasteiger partial charge in [0.1, 0.15) is 5.82 Å². The van der Waals surface area contributed by atoms with Gasteiger partial charge >= 0.3 is 0 Å². The first-order valence-electron chi connectivity index (χ1n) is 5.39. The summed E-state index contributed by atoms with van der Waals surface area (Å²) in [6.07, 6.45) is -0.113. The van der Waals surface area contributed by atoms with Crippen LogP contribution in [0.25, 0.3) is 0 Å². The quantitative estimate of drug-likeness (QED) is 0.768. The van der Waals surface area contributed by atoms with Crippen LogP contribution >= 0.6 is 15.9 Å². The van der Waals surface area contributed by atoms with Crippen LogP contribution in [0, 0.1) is 17.5 Å². The van der Waals surface area contributed by atoms with E-state index in [-0.39, 0.29) is 22.2 Å². The zero-order valence-electron chi connectivity index (χ0n) is 9.59. The van der Waals surface area contributed by atoms with E-state index in [2.05, 4.69) is 15.9 Å². The van der Waals surface area contributed by atoms with Gasteiger partial charge in [-0.2, -0.15) is 0 Å². The molecule has 0 saturated carbocycles. The lowest BCUT2D eigenvalue weighted by Gasteiger charge is -2.03. The highest BCUT2D eigenvalue weighted by molar-refractivity contribution is 9.10. The van der Waals surface area contributed by atoms with E-state index < -0.39 is 17.5 Å². The van der Waals surface area contributed by atoms with Crippen LogP contribution in [0.4, 0.5) is 13.2 Å². The molecule has 0 aliphatic rings. The number of halogens is 4. The second-order valence-electron chi connectivity index (χ2n) is 3.98. The van der Waals surface area contributed by atoms with Crippen LogP contribution in [0.3, 0.4) is 0 Å². The van der Waals surface area contributed by atoms with Crippen molar-refractivity contribution in [2.24, 2.45) is 0 Å². The van der Waals surface area contributed by atoms with Gasteiger partial charge in [0.25, 0.3) is 0 Å². The first-order chi connectivity index (χ1) is 8.97. The molecular formula is C14H8BrF3O. The summed E-state index contributed by atoms with van der Waals surface area (Å²) in [6, 6.07) is 7.24. The van der Waals surface area contributed by atoms with Crippen LogP contribution in [0.15, 0.2) is 40.9 Å². The Balaban J connectivity index is 2.20. The van der Waals surface area contributed by atoms with Crippen LogP contribution < -0.4 is 0 Å². The number of carbonyl (C=O) groups is 1. The van der Waals surface area contributed by atoms with Crippen LogP contribution in [0.5, 0.6) is 0 Å². The number of rotatable bonds is 3. The van der Waals surface area contributed by atoms with Gasteiger partial charge in [-0.1, -0.05) is 12.1 Å². The van der Waals surface area contributed by atoms with Gasteiger partial charge in [-0.05, 0) is 45.8 Å². The SMILES string of the molecule is O=C(Cc1ccc(F)c(F)c1)c1ccc(Br)c(F)c1. The Hall–Kier alpha value is -1.62. The molecule has 0 spiro atoms. The molecule has 0 aliphatic carbocycles. The average Bonchev–Trinajstić information content (AvgIpc) is 2.37. The predicted octanol–water partition coefficient (Wildman–Crippen LogP) is 4.29. The Morgan fingerprint density at radius 3 is 2.32 bits per heavy atom. The second kappa shape index (κ2) is 5.57. The Bertz CT molecular complexity index is 641. The molecule has 0 bridgehead atoms. The monoisotopic (exact) mass is 328 g/mol. The molecule has 1 nitrogen and oxygen atoms in total. The van der Waals surface area contributed by atoms with Crippen molar-refractivity contribution in [1.82, 2.24) is 0 Å². The van der Waals surface area contributed by atoms with E-state index in [1.165, 1.54) is 18.2 Å². The first-order valence-corrected chi connectivity index (χ1v) is 6.19. The van der Waals surface area contributed by atoms with E-state index in [1.54, 1.807) is 0 Å². The summed E-state index contributed by atoms with van der Waals surface area (Å²) in [4.78, 5) is 11.9. The molecule has 0 aromatic heterocycles. The summed E-state index contributed by atoms with van der Waals surface area (Å²) in [6.45, 7) is 0. The minimum Gasteiger partial charge on any atom is -0.294 e. The Labute approximate surface area is 116 Å². The van der Waals surface area contributed by atoms with E-state index in [4.69, 9.17) is 0 Å². The molecule has 0 unspecified atom stereocenters. The molecule has 19 heavy (non-hydrogen) atoms. The molecular weight excluding hydrogens is 321 g/mol. The van der Waals surface area contributed by atoms with Gasteiger partial charge in [-0.15, -0.1) is 0 Å². The van der Waals surface area contributed by atoms with E-state index in [0.29, 0.717) is 5.56 Å². The van der Waals surface area contributed by atoms with Crippen molar-refractivity contribution in [3.63, 3.8) is 0 Å². The van der Waals surface area contributed by atoms with Crippen molar-refractivity contribution < 1.29 is 18.0 Å². The molecule has 5 heteroatoms. The van der Waals surface area contributed by atoms with Crippen LogP contribution in [0.2, 0.25) is 0 Å². The number of hydrogen-bond acceptors (Lipinski definition) is 1. The molecule has 98 valence electrons. The predicted molar refractivity (Wildman–Crippen MR) is 68.5 cm³/mol. The van der Waals surface area contributed by atoms with Crippen LogP contribution in [-0.2, 0) is 6.42 Å². The largest absolute Gasteiger partial charge is 0.294 e. The zero-order valence-corrected chi connectivity index (χ0v) is 11.2. The number of benzene rings is 2. The summed E-state index contributed by atoms with van der Waals surface area (Å²) in [5.74, 6) is -2.88.